The third kappa shape index (κ3) is 5.22. The van der Waals surface area contributed by atoms with Crippen molar-refractivity contribution in [3.8, 4) is 11.5 Å². The Balaban J connectivity index is 1.27. The molecule has 1 N–H and O–H groups in total. The number of carbonyl (C=O) groups is 2. The van der Waals surface area contributed by atoms with Crippen molar-refractivity contribution in [1.29, 1.82) is 0 Å². The molecule has 0 bridgehead atoms. The zero-order chi connectivity index (χ0) is 24.3. The number of benzene rings is 1. The van der Waals surface area contributed by atoms with Crippen LogP contribution in [-0.4, -0.2) is 57.2 Å². The summed E-state index contributed by atoms with van der Waals surface area (Å²) in [5, 5.41) is 2.80. The number of amides is 1. The van der Waals surface area contributed by atoms with Gasteiger partial charge in [0.1, 0.15) is 18.8 Å². The van der Waals surface area contributed by atoms with Crippen molar-refractivity contribution in [1.82, 2.24) is 5.32 Å². The van der Waals surface area contributed by atoms with E-state index in [0.717, 1.165) is 24.0 Å². The van der Waals surface area contributed by atoms with Gasteiger partial charge in [-0.2, -0.15) is 0 Å². The summed E-state index contributed by atoms with van der Waals surface area (Å²) in [5.74, 6) is 0.916. The Labute approximate surface area is 200 Å². The Morgan fingerprint density at radius 1 is 1.26 bits per heavy atom. The van der Waals surface area contributed by atoms with Crippen molar-refractivity contribution in [3.05, 3.63) is 47.6 Å². The van der Waals surface area contributed by atoms with Gasteiger partial charge in [-0.1, -0.05) is 18.7 Å². The highest BCUT2D eigenvalue weighted by Crippen LogP contribution is 2.49. The number of hydrogen-bond acceptors (Lipinski definition) is 7. The van der Waals surface area contributed by atoms with E-state index in [0.29, 0.717) is 42.9 Å². The molecular formula is C26H33NO7. The first kappa shape index (κ1) is 24.1. The first-order valence-electron chi connectivity index (χ1n) is 11.7. The zero-order valence-corrected chi connectivity index (χ0v) is 20.1. The van der Waals surface area contributed by atoms with Gasteiger partial charge in [-0.15, -0.1) is 0 Å². The summed E-state index contributed by atoms with van der Waals surface area (Å²) in [5.41, 5.74) is 2.28. The van der Waals surface area contributed by atoms with Crippen LogP contribution in [0.1, 0.15) is 38.2 Å². The molecular weight excluding hydrogens is 438 g/mol. The molecule has 184 valence electrons. The molecule has 3 aliphatic rings. The molecule has 2 aliphatic heterocycles. The van der Waals surface area contributed by atoms with E-state index in [4.69, 9.17) is 23.7 Å². The van der Waals surface area contributed by atoms with Crippen LogP contribution in [0.25, 0.3) is 0 Å². The molecule has 0 unspecified atom stereocenters. The van der Waals surface area contributed by atoms with Gasteiger partial charge >= 0.3 is 12.1 Å². The molecule has 1 aliphatic carbocycles. The van der Waals surface area contributed by atoms with E-state index >= 15 is 0 Å². The SMILES string of the molecule is C=C1C(=O)O[C@H]2[C@H]1CC/C(COC(=O)NCCc1ccc(OC)c(OC)c1)=C\CC[C@@]1(C)O[C@@H]21. The van der Waals surface area contributed by atoms with Gasteiger partial charge in [-0.05, 0) is 62.3 Å². The van der Waals surface area contributed by atoms with Gasteiger partial charge in [0, 0.05) is 18.0 Å². The number of hydrogen-bond donors (Lipinski definition) is 1. The molecule has 0 saturated carbocycles. The van der Waals surface area contributed by atoms with E-state index in [1.54, 1.807) is 14.2 Å². The minimum absolute atomic E-state index is 0.0663. The molecule has 34 heavy (non-hydrogen) atoms. The average molecular weight is 472 g/mol. The monoisotopic (exact) mass is 471 g/mol. The summed E-state index contributed by atoms with van der Waals surface area (Å²) >= 11 is 0. The number of carbonyl (C=O) groups excluding carboxylic acids is 2. The lowest BCUT2D eigenvalue weighted by atomic mass is 9.84. The Bertz CT molecular complexity index is 987. The van der Waals surface area contributed by atoms with Crippen molar-refractivity contribution in [2.45, 2.75) is 56.8 Å². The molecule has 4 rings (SSSR count). The average Bonchev–Trinajstić information content (AvgIpc) is 3.42. The fourth-order valence-electron chi connectivity index (χ4n) is 4.81. The fourth-order valence-corrected chi connectivity index (χ4v) is 4.81. The number of epoxide rings is 1. The van der Waals surface area contributed by atoms with Crippen LogP contribution in [0.15, 0.2) is 42.0 Å². The predicted molar refractivity (Wildman–Crippen MR) is 125 cm³/mol. The standard InChI is InChI=1S/C26H33NO7/c1-16-19-9-7-18(6-5-12-26(2)23(34-26)22(19)33-24(16)28)15-32-25(29)27-13-11-17-8-10-20(30-3)21(14-17)31-4/h6,8,10,14,19,22-23H,1,5,7,9,11-13,15H2,2-4H3,(H,27,29)/b18-6+/t19-,22-,23-,26+/m0/s1. The molecule has 1 aromatic rings. The number of rotatable bonds is 7. The van der Waals surface area contributed by atoms with E-state index in [2.05, 4.69) is 24.9 Å². The third-order valence-corrected chi connectivity index (χ3v) is 6.96. The number of esters is 1. The topological polar surface area (TPSA) is 95.6 Å². The largest absolute Gasteiger partial charge is 0.493 e. The highest BCUT2D eigenvalue weighted by atomic mass is 16.6. The van der Waals surface area contributed by atoms with Gasteiger partial charge in [0.15, 0.2) is 11.5 Å². The minimum atomic E-state index is -0.460. The van der Waals surface area contributed by atoms with Crippen LogP contribution in [0, 0.1) is 5.92 Å². The summed E-state index contributed by atoms with van der Waals surface area (Å²) in [6, 6.07) is 5.67. The first-order valence-corrected chi connectivity index (χ1v) is 11.7. The molecule has 2 fully saturated rings. The quantitative estimate of drug-likeness (QED) is 0.280. The summed E-state index contributed by atoms with van der Waals surface area (Å²) < 4.78 is 27.5. The van der Waals surface area contributed by atoms with Gasteiger partial charge in [-0.3, -0.25) is 0 Å². The van der Waals surface area contributed by atoms with Crippen LogP contribution in [-0.2, 0) is 25.4 Å². The lowest BCUT2D eigenvalue weighted by molar-refractivity contribution is -0.140. The maximum Gasteiger partial charge on any atom is 0.407 e. The van der Waals surface area contributed by atoms with Crippen molar-refractivity contribution >= 4 is 12.1 Å². The van der Waals surface area contributed by atoms with Gasteiger partial charge in [-0.25, -0.2) is 9.59 Å². The molecule has 2 saturated heterocycles. The number of alkyl carbamates (subject to hydrolysis) is 1. The van der Waals surface area contributed by atoms with E-state index in [-0.39, 0.29) is 36.3 Å². The number of nitrogens with one attached hydrogen (secondary N) is 1. The lowest BCUT2D eigenvalue weighted by Crippen LogP contribution is -2.29. The molecule has 4 atom stereocenters. The second kappa shape index (κ2) is 10.1. The van der Waals surface area contributed by atoms with E-state index in [1.165, 1.54) is 0 Å². The summed E-state index contributed by atoms with van der Waals surface area (Å²) in [6.45, 7) is 6.65. The second-order valence-electron chi connectivity index (χ2n) is 9.23. The second-order valence-corrected chi connectivity index (χ2v) is 9.23. The number of ether oxygens (including phenoxy) is 5. The molecule has 2 heterocycles. The fraction of sp³-hybridized carbons (Fsp3) is 0.538. The molecule has 0 spiro atoms. The highest BCUT2D eigenvalue weighted by molar-refractivity contribution is 5.91. The Morgan fingerprint density at radius 3 is 2.82 bits per heavy atom. The lowest BCUT2D eigenvalue weighted by Gasteiger charge is -2.20. The molecule has 0 radical (unpaired) electrons. The Hall–Kier alpha value is -3.00. The minimum Gasteiger partial charge on any atom is -0.493 e. The highest BCUT2D eigenvalue weighted by Gasteiger charge is 2.61. The van der Waals surface area contributed by atoms with Crippen molar-refractivity contribution < 1.29 is 33.3 Å². The van der Waals surface area contributed by atoms with Gasteiger partial charge in [0.2, 0.25) is 0 Å². The van der Waals surface area contributed by atoms with Crippen LogP contribution in [0.3, 0.4) is 0 Å². The van der Waals surface area contributed by atoms with Crippen LogP contribution in [0.4, 0.5) is 4.79 Å². The Morgan fingerprint density at radius 2 is 2.06 bits per heavy atom. The maximum absolute atomic E-state index is 12.3. The van der Waals surface area contributed by atoms with Gasteiger partial charge < -0.3 is 29.0 Å². The predicted octanol–water partition coefficient (Wildman–Crippen LogP) is 3.73. The van der Waals surface area contributed by atoms with Crippen LogP contribution in [0.2, 0.25) is 0 Å². The number of allylic oxidation sites excluding steroid dienone is 1. The zero-order valence-electron chi connectivity index (χ0n) is 20.1. The van der Waals surface area contributed by atoms with Crippen molar-refractivity contribution in [2.24, 2.45) is 5.92 Å². The van der Waals surface area contributed by atoms with E-state index in [1.807, 2.05) is 18.2 Å². The smallest absolute Gasteiger partial charge is 0.407 e. The summed E-state index contributed by atoms with van der Waals surface area (Å²) in [6.07, 6.45) is 5.02. The molecule has 1 aromatic carbocycles. The molecule has 8 nitrogen and oxygen atoms in total. The maximum atomic E-state index is 12.3. The first-order chi connectivity index (χ1) is 16.3. The van der Waals surface area contributed by atoms with Crippen LogP contribution >= 0.6 is 0 Å². The van der Waals surface area contributed by atoms with E-state index < -0.39 is 6.09 Å². The van der Waals surface area contributed by atoms with Crippen LogP contribution in [0.5, 0.6) is 11.5 Å². The molecule has 1 amide bonds. The summed E-state index contributed by atoms with van der Waals surface area (Å²) in [7, 11) is 3.19. The van der Waals surface area contributed by atoms with Crippen molar-refractivity contribution in [3.63, 3.8) is 0 Å². The Kier molecular flexibility index (Phi) is 7.16. The van der Waals surface area contributed by atoms with Gasteiger partial charge in [0.25, 0.3) is 0 Å². The molecule has 8 heteroatoms. The van der Waals surface area contributed by atoms with Crippen molar-refractivity contribution in [2.75, 3.05) is 27.4 Å². The summed E-state index contributed by atoms with van der Waals surface area (Å²) in [4.78, 5) is 24.3. The number of methoxy groups -OCH3 is 2. The molecule has 0 aromatic heterocycles. The number of fused-ring (bicyclic) bond motifs is 3. The normalized spacial score (nSPS) is 29.6. The van der Waals surface area contributed by atoms with Crippen LogP contribution < -0.4 is 14.8 Å². The van der Waals surface area contributed by atoms with E-state index in [9.17, 15) is 9.59 Å². The third-order valence-electron chi connectivity index (χ3n) is 6.96. The van der Waals surface area contributed by atoms with Gasteiger partial charge in [0.05, 0.1) is 19.8 Å².